The van der Waals surface area contributed by atoms with Crippen LogP contribution < -0.4 is 0 Å². The lowest BCUT2D eigenvalue weighted by Gasteiger charge is -2.03. The summed E-state index contributed by atoms with van der Waals surface area (Å²) in [4.78, 5) is 16.0. The van der Waals surface area contributed by atoms with Gasteiger partial charge in [-0.3, -0.25) is 4.79 Å². The molecular weight excluding hydrogens is 326 g/mol. The van der Waals surface area contributed by atoms with Crippen molar-refractivity contribution < 1.29 is 13.9 Å². The van der Waals surface area contributed by atoms with Crippen molar-refractivity contribution in [3.63, 3.8) is 0 Å². The van der Waals surface area contributed by atoms with Crippen molar-refractivity contribution in [2.75, 3.05) is 0 Å². The van der Waals surface area contributed by atoms with Gasteiger partial charge >= 0.3 is 5.97 Å². The van der Waals surface area contributed by atoms with Gasteiger partial charge in [0.15, 0.2) is 12.4 Å². The number of carbonyl (C=O) groups excluding carboxylic acids is 1. The molecule has 0 aliphatic rings. The van der Waals surface area contributed by atoms with Gasteiger partial charge in [0.25, 0.3) is 0 Å². The van der Waals surface area contributed by atoms with Gasteiger partial charge in [-0.2, -0.15) is 0 Å². The number of halogens is 1. The van der Waals surface area contributed by atoms with Gasteiger partial charge in [0.2, 0.25) is 5.89 Å². The zero-order valence-corrected chi connectivity index (χ0v) is 13.9. The molecule has 3 aromatic rings. The van der Waals surface area contributed by atoms with Crippen LogP contribution in [0.4, 0.5) is 0 Å². The van der Waals surface area contributed by atoms with Crippen LogP contribution in [0.2, 0.25) is 5.02 Å². The molecule has 0 aliphatic carbocycles. The third kappa shape index (κ3) is 4.24. The average molecular weight is 342 g/mol. The van der Waals surface area contributed by atoms with Gasteiger partial charge in [-0.25, -0.2) is 4.98 Å². The highest BCUT2D eigenvalue weighted by atomic mass is 35.5. The predicted molar refractivity (Wildman–Crippen MR) is 91.6 cm³/mol. The van der Waals surface area contributed by atoms with E-state index in [1.807, 2.05) is 43.3 Å². The second-order valence-electron chi connectivity index (χ2n) is 5.45. The number of benzene rings is 2. The molecule has 0 bridgehead atoms. The Kier molecular flexibility index (Phi) is 4.96. The molecule has 2 aromatic carbocycles. The van der Waals surface area contributed by atoms with E-state index < -0.39 is 0 Å². The molecule has 5 heteroatoms. The zero-order chi connectivity index (χ0) is 16.9. The van der Waals surface area contributed by atoms with Crippen LogP contribution in [0.15, 0.2) is 59.1 Å². The first-order valence-electron chi connectivity index (χ1n) is 7.52. The number of hydrogen-bond acceptors (Lipinski definition) is 4. The maximum Gasteiger partial charge on any atom is 0.310 e. The standard InChI is InChI=1S/C19H16ClNO3/c1-13-2-4-14(5-3-13)10-19(22)23-12-18-21-11-17(24-18)15-6-8-16(20)9-7-15/h2-9,11H,10,12H2,1H3. The predicted octanol–water partition coefficient (Wildman–Crippen LogP) is 4.59. The molecule has 4 nitrogen and oxygen atoms in total. The molecule has 0 aliphatic heterocycles. The minimum atomic E-state index is -0.315. The molecule has 0 atom stereocenters. The minimum absolute atomic E-state index is 0.0122. The largest absolute Gasteiger partial charge is 0.455 e. The molecule has 0 saturated carbocycles. The SMILES string of the molecule is Cc1ccc(CC(=O)OCc2ncc(-c3ccc(Cl)cc3)o2)cc1. The van der Waals surface area contributed by atoms with E-state index in [9.17, 15) is 4.79 Å². The van der Waals surface area contributed by atoms with Gasteiger partial charge in [0.05, 0.1) is 12.6 Å². The monoisotopic (exact) mass is 341 g/mol. The minimum Gasteiger partial charge on any atom is -0.455 e. The number of hydrogen-bond donors (Lipinski definition) is 0. The molecule has 0 saturated heterocycles. The Morgan fingerprint density at radius 2 is 1.83 bits per heavy atom. The Labute approximate surface area is 145 Å². The fourth-order valence-corrected chi connectivity index (χ4v) is 2.32. The third-order valence-electron chi connectivity index (χ3n) is 3.51. The van der Waals surface area contributed by atoms with E-state index in [0.717, 1.165) is 16.7 Å². The maximum atomic E-state index is 11.9. The van der Waals surface area contributed by atoms with Gasteiger partial charge in [0.1, 0.15) is 0 Å². The molecule has 1 heterocycles. The lowest BCUT2D eigenvalue weighted by atomic mass is 10.1. The van der Waals surface area contributed by atoms with Gasteiger partial charge < -0.3 is 9.15 Å². The quantitative estimate of drug-likeness (QED) is 0.637. The van der Waals surface area contributed by atoms with E-state index in [1.165, 1.54) is 0 Å². The van der Waals surface area contributed by atoms with Crippen LogP contribution in [-0.2, 0) is 22.6 Å². The summed E-state index contributed by atoms with van der Waals surface area (Å²) < 4.78 is 10.8. The summed E-state index contributed by atoms with van der Waals surface area (Å²) in [5.74, 6) is 0.651. The van der Waals surface area contributed by atoms with Crippen molar-refractivity contribution in [3.8, 4) is 11.3 Å². The van der Waals surface area contributed by atoms with Crippen LogP contribution in [0, 0.1) is 6.92 Å². The molecule has 0 amide bonds. The van der Waals surface area contributed by atoms with Gasteiger partial charge in [-0.05, 0) is 36.8 Å². The number of carbonyl (C=O) groups is 1. The number of nitrogens with zero attached hydrogens (tertiary/aromatic N) is 1. The van der Waals surface area contributed by atoms with E-state index >= 15 is 0 Å². The maximum absolute atomic E-state index is 11.9. The number of rotatable bonds is 5. The summed E-state index contributed by atoms with van der Waals surface area (Å²) in [6.07, 6.45) is 1.83. The number of aromatic nitrogens is 1. The van der Waals surface area contributed by atoms with Crippen molar-refractivity contribution in [1.82, 2.24) is 4.98 Å². The lowest BCUT2D eigenvalue weighted by molar-refractivity contribution is -0.144. The van der Waals surface area contributed by atoms with Gasteiger partial charge in [0, 0.05) is 10.6 Å². The van der Waals surface area contributed by atoms with Crippen LogP contribution in [0.25, 0.3) is 11.3 Å². The molecule has 0 N–H and O–H groups in total. The van der Waals surface area contributed by atoms with E-state index in [2.05, 4.69) is 4.98 Å². The summed E-state index contributed by atoms with van der Waals surface area (Å²) in [5, 5.41) is 0.656. The van der Waals surface area contributed by atoms with Crippen LogP contribution in [-0.4, -0.2) is 11.0 Å². The van der Waals surface area contributed by atoms with Gasteiger partial charge in [-0.1, -0.05) is 41.4 Å². The third-order valence-corrected chi connectivity index (χ3v) is 3.76. The Bertz CT molecular complexity index is 823. The summed E-state index contributed by atoms with van der Waals surface area (Å²) >= 11 is 5.86. The number of ether oxygens (including phenoxy) is 1. The van der Waals surface area contributed by atoms with Crippen LogP contribution in [0.3, 0.4) is 0 Å². The van der Waals surface area contributed by atoms with Crippen molar-refractivity contribution >= 4 is 17.6 Å². The van der Waals surface area contributed by atoms with Crippen molar-refractivity contribution in [2.24, 2.45) is 0 Å². The van der Waals surface area contributed by atoms with E-state index in [-0.39, 0.29) is 19.0 Å². The fraction of sp³-hybridized carbons (Fsp3) is 0.158. The summed E-state index contributed by atoms with van der Waals surface area (Å²) in [6.45, 7) is 2.02. The van der Waals surface area contributed by atoms with Crippen molar-refractivity contribution in [1.29, 1.82) is 0 Å². The number of aryl methyl sites for hydroxylation is 1. The molecule has 24 heavy (non-hydrogen) atoms. The molecular formula is C19H16ClNO3. The summed E-state index contributed by atoms with van der Waals surface area (Å²) in [6, 6.07) is 15.0. The summed E-state index contributed by atoms with van der Waals surface area (Å²) in [7, 11) is 0. The Hall–Kier alpha value is -2.59. The topological polar surface area (TPSA) is 52.3 Å². The number of oxazole rings is 1. The second-order valence-corrected chi connectivity index (χ2v) is 5.88. The average Bonchev–Trinajstić information content (AvgIpc) is 3.05. The van der Waals surface area contributed by atoms with Crippen LogP contribution in [0.1, 0.15) is 17.0 Å². The van der Waals surface area contributed by atoms with Crippen LogP contribution >= 0.6 is 11.6 Å². The van der Waals surface area contributed by atoms with Crippen molar-refractivity contribution in [2.45, 2.75) is 20.0 Å². The first-order valence-corrected chi connectivity index (χ1v) is 7.90. The molecule has 122 valence electrons. The van der Waals surface area contributed by atoms with Crippen molar-refractivity contribution in [3.05, 3.63) is 76.8 Å². The van der Waals surface area contributed by atoms with E-state index in [4.69, 9.17) is 20.8 Å². The Balaban J connectivity index is 1.56. The highest BCUT2D eigenvalue weighted by Gasteiger charge is 2.10. The summed E-state index contributed by atoms with van der Waals surface area (Å²) in [5.41, 5.74) is 2.94. The Morgan fingerprint density at radius 1 is 1.12 bits per heavy atom. The molecule has 0 radical (unpaired) electrons. The first kappa shape index (κ1) is 16.3. The second kappa shape index (κ2) is 7.32. The van der Waals surface area contributed by atoms with E-state index in [1.54, 1.807) is 18.3 Å². The first-order chi connectivity index (χ1) is 11.6. The molecule has 3 rings (SSSR count). The molecule has 1 aromatic heterocycles. The fourth-order valence-electron chi connectivity index (χ4n) is 2.19. The van der Waals surface area contributed by atoms with Gasteiger partial charge in [-0.15, -0.1) is 0 Å². The molecule has 0 unspecified atom stereocenters. The Morgan fingerprint density at radius 3 is 2.54 bits per heavy atom. The highest BCUT2D eigenvalue weighted by molar-refractivity contribution is 6.30. The smallest absolute Gasteiger partial charge is 0.310 e. The number of esters is 1. The lowest BCUT2D eigenvalue weighted by Crippen LogP contribution is -2.08. The highest BCUT2D eigenvalue weighted by Crippen LogP contribution is 2.22. The molecule has 0 spiro atoms. The normalized spacial score (nSPS) is 10.6. The van der Waals surface area contributed by atoms with Crippen LogP contribution in [0.5, 0.6) is 0 Å². The van der Waals surface area contributed by atoms with E-state index in [0.29, 0.717) is 16.7 Å². The molecule has 0 fully saturated rings. The zero-order valence-electron chi connectivity index (χ0n) is 13.2.